The first-order chi connectivity index (χ1) is 17.0. The summed E-state index contributed by atoms with van der Waals surface area (Å²) in [5.41, 5.74) is -0.625. The van der Waals surface area contributed by atoms with Crippen LogP contribution in [0.15, 0.2) is 35.5 Å². The first kappa shape index (κ1) is 25.4. The number of aliphatic hydroxyl groups excluding tert-OH is 1. The van der Waals surface area contributed by atoms with Crippen LogP contribution in [0.3, 0.4) is 0 Å². The van der Waals surface area contributed by atoms with Gasteiger partial charge in [0.15, 0.2) is 11.9 Å². The lowest BCUT2D eigenvalue weighted by Gasteiger charge is -2.40. The number of halogens is 6. The lowest BCUT2D eigenvalue weighted by molar-refractivity contribution is -0.178. The van der Waals surface area contributed by atoms with E-state index in [-0.39, 0.29) is 17.0 Å². The number of oxime groups is 1. The monoisotopic (exact) mass is 546 g/mol. The second-order valence-corrected chi connectivity index (χ2v) is 9.86. The van der Waals surface area contributed by atoms with Crippen LogP contribution in [0.25, 0.3) is 0 Å². The molecule has 2 N–H and O–H groups in total. The second-order valence-electron chi connectivity index (χ2n) is 9.02. The quantitative estimate of drug-likeness (QED) is 0.407. The van der Waals surface area contributed by atoms with Crippen molar-refractivity contribution < 1.29 is 37.0 Å². The first-order valence-electron chi connectivity index (χ1n) is 11.2. The summed E-state index contributed by atoms with van der Waals surface area (Å²) in [6.07, 6.45) is -9.20. The average Bonchev–Trinajstić information content (AvgIpc) is 3.40. The fourth-order valence-corrected chi connectivity index (χ4v) is 5.44. The van der Waals surface area contributed by atoms with Gasteiger partial charge in [-0.3, -0.25) is 4.79 Å². The minimum atomic E-state index is -4.87. The summed E-state index contributed by atoms with van der Waals surface area (Å²) in [7, 11) is 0. The molecule has 4 atom stereocenters. The summed E-state index contributed by atoms with van der Waals surface area (Å²) < 4.78 is 63.7. The van der Waals surface area contributed by atoms with Gasteiger partial charge in [0.1, 0.15) is 35.3 Å². The highest BCUT2D eigenvalue weighted by molar-refractivity contribution is 6.34. The molecule has 2 aromatic rings. The molecule has 3 heterocycles. The number of hydrogen-bond donors (Lipinski definition) is 2. The summed E-state index contributed by atoms with van der Waals surface area (Å²) >= 11 is 11.7. The highest BCUT2D eigenvalue weighted by Gasteiger charge is 2.56. The van der Waals surface area contributed by atoms with Gasteiger partial charge in [-0.2, -0.15) is 13.2 Å². The van der Waals surface area contributed by atoms with E-state index < -0.39 is 63.9 Å². The number of aliphatic hydroxyl groups is 1. The second kappa shape index (κ2) is 8.95. The third kappa shape index (κ3) is 3.99. The van der Waals surface area contributed by atoms with Crippen molar-refractivity contribution in [3.05, 3.63) is 68.4 Å². The number of ether oxygens (including phenoxy) is 1. The molecule has 0 aromatic heterocycles. The highest BCUT2D eigenvalue weighted by Crippen LogP contribution is 2.50. The fraction of sp³-hybridized carbons (Fsp3) is 0.417. The van der Waals surface area contributed by atoms with E-state index in [9.17, 15) is 27.5 Å². The Morgan fingerprint density at radius 2 is 1.97 bits per heavy atom. The van der Waals surface area contributed by atoms with Crippen molar-refractivity contribution in [1.82, 2.24) is 5.32 Å². The predicted molar refractivity (Wildman–Crippen MR) is 122 cm³/mol. The Hall–Kier alpha value is -2.24. The lowest BCUT2D eigenvalue weighted by atomic mass is 9.82. The number of alkyl halides is 3. The molecule has 4 unspecified atom stereocenters. The first-order valence-corrected chi connectivity index (χ1v) is 11.9. The van der Waals surface area contributed by atoms with Crippen molar-refractivity contribution in [2.45, 2.75) is 43.4 Å². The Balaban J connectivity index is 1.57. The van der Waals surface area contributed by atoms with Gasteiger partial charge in [0.25, 0.3) is 0 Å². The molecular formula is C24H20Cl2F4N2O4. The molecule has 5 rings (SSSR count). The maximum atomic E-state index is 14.7. The third-order valence-electron chi connectivity index (χ3n) is 6.83. The number of fused-ring (bicyclic) bond motifs is 2. The standard InChI is InChI=1S/C24H20Cl2F4N2O4/c1-2-16(33)20(34)22-12-5-10(3-4-14(12)23(35-22)8-31-9-23)19-17(24(28,29)30)21(36-32-19)13-6-11(25)7-15(26)18(13)27/h3-7,17,20-22,31,34H,2,8-9H2,1H3. The molecule has 192 valence electrons. The van der Waals surface area contributed by atoms with E-state index in [1.807, 2.05) is 0 Å². The number of nitrogens with one attached hydrogen (secondary N) is 1. The van der Waals surface area contributed by atoms with Crippen molar-refractivity contribution in [1.29, 1.82) is 0 Å². The van der Waals surface area contributed by atoms with Crippen LogP contribution >= 0.6 is 23.2 Å². The Morgan fingerprint density at radius 3 is 2.58 bits per heavy atom. The molecule has 1 spiro atoms. The molecular weight excluding hydrogens is 527 g/mol. The Kier molecular flexibility index (Phi) is 6.32. The zero-order chi connectivity index (χ0) is 26.0. The molecule has 0 saturated carbocycles. The van der Waals surface area contributed by atoms with Crippen LogP contribution in [0, 0.1) is 11.7 Å². The lowest BCUT2D eigenvalue weighted by Crippen LogP contribution is -2.57. The van der Waals surface area contributed by atoms with E-state index in [4.69, 9.17) is 32.8 Å². The molecule has 0 amide bonds. The van der Waals surface area contributed by atoms with Crippen molar-refractivity contribution in [2.24, 2.45) is 11.1 Å². The minimum Gasteiger partial charge on any atom is -0.386 e. The Bertz CT molecular complexity index is 1270. The van der Waals surface area contributed by atoms with Crippen molar-refractivity contribution in [3.8, 4) is 0 Å². The number of rotatable bonds is 5. The van der Waals surface area contributed by atoms with Crippen LogP contribution in [-0.4, -0.2) is 42.0 Å². The molecule has 2 aromatic carbocycles. The molecule has 3 aliphatic rings. The van der Waals surface area contributed by atoms with Crippen molar-refractivity contribution >= 4 is 34.7 Å². The largest absolute Gasteiger partial charge is 0.401 e. The minimum absolute atomic E-state index is 0.0428. The number of nitrogens with zero attached hydrogens (tertiary/aromatic N) is 1. The van der Waals surface area contributed by atoms with E-state index in [2.05, 4.69) is 10.5 Å². The summed E-state index contributed by atoms with van der Waals surface area (Å²) in [5, 5.41) is 16.9. The Labute approximate surface area is 213 Å². The van der Waals surface area contributed by atoms with Crippen LogP contribution in [0.4, 0.5) is 17.6 Å². The van der Waals surface area contributed by atoms with E-state index >= 15 is 0 Å². The van der Waals surface area contributed by atoms with E-state index in [1.54, 1.807) is 13.0 Å². The van der Waals surface area contributed by atoms with Crippen LogP contribution in [-0.2, 0) is 20.0 Å². The number of ketones is 1. The molecule has 0 bridgehead atoms. The number of benzene rings is 2. The maximum absolute atomic E-state index is 14.7. The predicted octanol–water partition coefficient (Wildman–Crippen LogP) is 5.00. The highest BCUT2D eigenvalue weighted by atomic mass is 35.5. The molecule has 1 fully saturated rings. The average molecular weight is 547 g/mol. The number of hydrogen-bond acceptors (Lipinski definition) is 6. The smallest absolute Gasteiger partial charge is 0.386 e. The summed E-state index contributed by atoms with van der Waals surface area (Å²) in [6, 6.07) is 6.58. The van der Waals surface area contributed by atoms with Gasteiger partial charge in [0, 0.05) is 35.7 Å². The zero-order valence-electron chi connectivity index (χ0n) is 18.7. The SMILES string of the molecule is CCC(=O)C(O)C1OC2(CNC2)c2ccc(C3=NOC(c4cc(Cl)cc(Cl)c4F)C3C(F)(F)F)cc21. The van der Waals surface area contributed by atoms with Crippen molar-refractivity contribution in [3.63, 3.8) is 0 Å². The van der Waals surface area contributed by atoms with Crippen LogP contribution in [0.5, 0.6) is 0 Å². The molecule has 1 saturated heterocycles. The molecule has 0 radical (unpaired) electrons. The summed E-state index contributed by atoms with van der Waals surface area (Å²) in [5.74, 6) is -3.87. The molecule has 6 nitrogen and oxygen atoms in total. The van der Waals surface area contributed by atoms with Gasteiger partial charge in [-0.25, -0.2) is 4.39 Å². The van der Waals surface area contributed by atoms with Gasteiger partial charge in [0.2, 0.25) is 0 Å². The van der Waals surface area contributed by atoms with E-state index in [1.165, 1.54) is 12.1 Å². The van der Waals surface area contributed by atoms with E-state index in [0.717, 1.165) is 12.1 Å². The number of carbonyl (C=O) groups is 1. The molecule has 36 heavy (non-hydrogen) atoms. The maximum Gasteiger partial charge on any atom is 0.401 e. The topological polar surface area (TPSA) is 80.2 Å². The van der Waals surface area contributed by atoms with Gasteiger partial charge < -0.3 is 20.0 Å². The van der Waals surface area contributed by atoms with Gasteiger partial charge >= 0.3 is 6.18 Å². The van der Waals surface area contributed by atoms with E-state index in [0.29, 0.717) is 24.2 Å². The zero-order valence-corrected chi connectivity index (χ0v) is 20.2. The normalized spacial score (nSPS) is 25.2. The summed E-state index contributed by atoms with van der Waals surface area (Å²) in [6.45, 7) is 2.45. The van der Waals surface area contributed by atoms with Gasteiger partial charge in [-0.15, -0.1) is 0 Å². The molecule has 0 aliphatic carbocycles. The van der Waals surface area contributed by atoms with Crippen LogP contribution in [0.1, 0.15) is 47.8 Å². The van der Waals surface area contributed by atoms with Gasteiger partial charge in [-0.05, 0) is 29.3 Å². The van der Waals surface area contributed by atoms with Crippen LogP contribution < -0.4 is 5.32 Å². The number of Topliss-reactive ketones (excluding diaryl/α,β-unsaturated/α-hetero) is 1. The number of carbonyl (C=O) groups excluding carboxylic acids is 1. The Morgan fingerprint density at radius 1 is 1.25 bits per heavy atom. The molecule has 12 heteroatoms. The molecule has 3 aliphatic heterocycles. The van der Waals surface area contributed by atoms with Crippen LogP contribution in [0.2, 0.25) is 10.0 Å². The fourth-order valence-electron chi connectivity index (χ4n) is 4.93. The van der Waals surface area contributed by atoms with Crippen molar-refractivity contribution in [2.75, 3.05) is 13.1 Å². The van der Waals surface area contributed by atoms with Gasteiger partial charge in [0.05, 0.1) is 5.02 Å². The third-order valence-corrected chi connectivity index (χ3v) is 7.32. The summed E-state index contributed by atoms with van der Waals surface area (Å²) in [4.78, 5) is 17.4. The van der Waals surface area contributed by atoms with Gasteiger partial charge in [-0.1, -0.05) is 47.4 Å².